The number of benzene rings is 2. The van der Waals surface area contributed by atoms with E-state index in [1.54, 1.807) is 12.1 Å². The smallest absolute Gasteiger partial charge is 0.257 e. The molecule has 1 N–H and O–H groups in total. The summed E-state index contributed by atoms with van der Waals surface area (Å²) in [5, 5.41) is 2.86. The molecule has 0 unspecified atom stereocenters. The van der Waals surface area contributed by atoms with Gasteiger partial charge in [0.25, 0.3) is 5.91 Å². The SMILES string of the molecule is Cc1ccc(NC(=O)c2cc(N3C(=O)CCS3(=O)=O)ccc2Cl)cc1. The summed E-state index contributed by atoms with van der Waals surface area (Å²) >= 11 is 6.08. The summed E-state index contributed by atoms with van der Waals surface area (Å²) in [6.07, 6.45) is -0.0736. The summed E-state index contributed by atoms with van der Waals surface area (Å²) in [6.45, 7) is 1.93. The molecule has 0 bridgehead atoms. The van der Waals surface area contributed by atoms with Crippen LogP contribution < -0.4 is 9.62 Å². The molecule has 0 spiro atoms. The van der Waals surface area contributed by atoms with Crippen LogP contribution >= 0.6 is 11.6 Å². The lowest BCUT2D eigenvalue weighted by atomic mass is 10.1. The van der Waals surface area contributed by atoms with Gasteiger partial charge in [0.1, 0.15) is 0 Å². The Balaban J connectivity index is 1.93. The lowest BCUT2D eigenvalue weighted by Gasteiger charge is -2.16. The zero-order valence-corrected chi connectivity index (χ0v) is 14.9. The molecule has 8 heteroatoms. The van der Waals surface area contributed by atoms with Crippen molar-refractivity contribution in [2.75, 3.05) is 15.4 Å². The lowest BCUT2D eigenvalue weighted by Crippen LogP contribution is -2.29. The lowest BCUT2D eigenvalue weighted by molar-refractivity contribution is -0.116. The van der Waals surface area contributed by atoms with Crippen molar-refractivity contribution in [1.82, 2.24) is 0 Å². The van der Waals surface area contributed by atoms with Crippen LogP contribution in [0.3, 0.4) is 0 Å². The number of rotatable bonds is 3. The third-order valence-electron chi connectivity index (χ3n) is 3.82. The van der Waals surface area contributed by atoms with Crippen molar-refractivity contribution in [2.45, 2.75) is 13.3 Å². The molecule has 1 aliphatic rings. The minimum atomic E-state index is -3.70. The molecule has 25 heavy (non-hydrogen) atoms. The van der Waals surface area contributed by atoms with Crippen molar-refractivity contribution >= 4 is 44.8 Å². The average molecular weight is 379 g/mol. The van der Waals surface area contributed by atoms with Gasteiger partial charge in [0.15, 0.2) is 0 Å². The molecule has 0 aromatic heterocycles. The average Bonchev–Trinajstić information content (AvgIpc) is 2.83. The number of sulfonamides is 1. The van der Waals surface area contributed by atoms with Crippen molar-refractivity contribution in [1.29, 1.82) is 0 Å². The van der Waals surface area contributed by atoms with Crippen LogP contribution in [0.2, 0.25) is 5.02 Å². The molecule has 2 aromatic rings. The Morgan fingerprint density at radius 1 is 1.16 bits per heavy atom. The van der Waals surface area contributed by atoms with E-state index in [1.807, 2.05) is 19.1 Å². The van der Waals surface area contributed by atoms with E-state index < -0.39 is 21.8 Å². The highest BCUT2D eigenvalue weighted by molar-refractivity contribution is 7.94. The van der Waals surface area contributed by atoms with Crippen LogP contribution in [0.4, 0.5) is 11.4 Å². The highest BCUT2D eigenvalue weighted by Gasteiger charge is 2.36. The predicted octanol–water partition coefficient (Wildman–Crippen LogP) is 2.97. The molecular weight excluding hydrogens is 364 g/mol. The Bertz CT molecular complexity index is 955. The maximum absolute atomic E-state index is 12.5. The molecule has 0 atom stereocenters. The van der Waals surface area contributed by atoms with Gasteiger partial charge >= 0.3 is 0 Å². The Hall–Kier alpha value is -2.38. The van der Waals surface area contributed by atoms with Crippen molar-refractivity contribution in [3.05, 3.63) is 58.6 Å². The van der Waals surface area contributed by atoms with Crippen LogP contribution in [0, 0.1) is 6.92 Å². The van der Waals surface area contributed by atoms with Gasteiger partial charge in [0.2, 0.25) is 15.9 Å². The van der Waals surface area contributed by atoms with E-state index in [9.17, 15) is 18.0 Å². The van der Waals surface area contributed by atoms with Crippen LogP contribution in [0.15, 0.2) is 42.5 Å². The number of carbonyl (C=O) groups is 2. The number of hydrogen-bond acceptors (Lipinski definition) is 4. The quantitative estimate of drug-likeness (QED) is 0.889. The normalized spacial score (nSPS) is 16.1. The van der Waals surface area contributed by atoms with Crippen LogP contribution in [0.25, 0.3) is 0 Å². The maximum Gasteiger partial charge on any atom is 0.257 e. The van der Waals surface area contributed by atoms with Gasteiger partial charge in [-0.15, -0.1) is 0 Å². The summed E-state index contributed by atoms with van der Waals surface area (Å²) in [5.74, 6) is -1.24. The second-order valence-electron chi connectivity index (χ2n) is 5.71. The maximum atomic E-state index is 12.5. The number of halogens is 1. The fourth-order valence-corrected chi connectivity index (χ4v) is 4.17. The van der Waals surface area contributed by atoms with E-state index >= 15 is 0 Å². The van der Waals surface area contributed by atoms with Gasteiger partial charge in [-0.25, -0.2) is 12.7 Å². The number of aryl methyl sites for hydroxylation is 1. The molecular formula is C17H15ClN2O4S. The third kappa shape index (κ3) is 3.52. The van der Waals surface area contributed by atoms with Crippen molar-refractivity contribution in [2.24, 2.45) is 0 Å². The first-order chi connectivity index (χ1) is 11.8. The number of anilines is 2. The highest BCUT2D eigenvalue weighted by atomic mass is 35.5. The highest BCUT2D eigenvalue weighted by Crippen LogP contribution is 2.29. The molecule has 1 fully saturated rings. The standard InChI is InChI=1S/C17H15ClN2O4S/c1-11-2-4-12(5-3-11)19-17(22)14-10-13(6-7-15(14)18)20-16(21)8-9-25(20,23)24/h2-7,10H,8-9H2,1H3,(H,19,22). The van der Waals surface area contributed by atoms with Crippen molar-refractivity contribution in [3.8, 4) is 0 Å². The summed E-state index contributed by atoms with van der Waals surface area (Å²) in [4.78, 5) is 24.4. The second-order valence-corrected chi connectivity index (χ2v) is 8.05. The summed E-state index contributed by atoms with van der Waals surface area (Å²) in [7, 11) is -3.70. The van der Waals surface area contributed by atoms with Gasteiger partial charge in [-0.05, 0) is 37.3 Å². The minimum absolute atomic E-state index is 0.0736. The van der Waals surface area contributed by atoms with E-state index in [1.165, 1.54) is 18.2 Å². The van der Waals surface area contributed by atoms with Gasteiger partial charge in [0, 0.05) is 12.1 Å². The van der Waals surface area contributed by atoms with E-state index in [0.717, 1.165) is 9.87 Å². The number of amides is 2. The summed E-state index contributed by atoms with van der Waals surface area (Å²) < 4.78 is 24.8. The van der Waals surface area contributed by atoms with Crippen molar-refractivity contribution in [3.63, 3.8) is 0 Å². The van der Waals surface area contributed by atoms with Crippen molar-refractivity contribution < 1.29 is 18.0 Å². The topological polar surface area (TPSA) is 83.6 Å². The van der Waals surface area contributed by atoms with E-state index in [-0.39, 0.29) is 28.4 Å². The van der Waals surface area contributed by atoms with Crippen LogP contribution in [0.1, 0.15) is 22.3 Å². The van der Waals surface area contributed by atoms with Gasteiger partial charge in [-0.1, -0.05) is 29.3 Å². The zero-order chi connectivity index (χ0) is 18.2. The Kier molecular flexibility index (Phi) is 4.53. The number of nitrogens with one attached hydrogen (secondary N) is 1. The first-order valence-electron chi connectivity index (χ1n) is 7.51. The number of carbonyl (C=O) groups excluding carboxylic acids is 2. The first kappa shape index (κ1) is 17.4. The number of nitrogens with zero attached hydrogens (tertiary/aromatic N) is 1. The summed E-state index contributed by atoms with van der Waals surface area (Å²) in [5.41, 5.74) is 1.84. The monoisotopic (exact) mass is 378 g/mol. The van der Waals surface area contributed by atoms with Gasteiger partial charge in [-0.2, -0.15) is 0 Å². The fraction of sp³-hybridized carbons (Fsp3) is 0.176. The minimum Gasteiger partial charge on any atom is -0.322 e. The van der Waals surface area contributed by atoms with Gasteiger partial charge in [-0.3, -0.25) is 9.59 Å². The Labute approximate surface area is 150 Å². The molecule has 1 saturated heterocycles. The van der Waals surface area contributed by atoms with Crippen LogP contribution in [-0.4, -0.2) is 26.0 Å². The molecule has 0 radical (unpaired) electrons. The molecule has 2 amide bonds. The molecule has 1 heterocycles. The molecule has 130 valence electrons. The number of hydrogen-bond donors (Lipinski definition) is 1. The van der Waals surface area contributed by atoms with Crippen LogP contribution in [-0.2, 0) is 14.8 Å². The third-order valence-corrected chi connectivity index (χ3v) is 5.84. The molecule has 6 nitrogen and oxygen atoms in total. The van der Waals surface area contributed by atoms with Gasteiger partial charge < -0.3 is 5.32 Å². The van der Waals surface area contributed by atoms with E-state index in [4.69, 9.17) is 11.6 Å². The van der Waals surface area contributed by atoms with E-state index in [2.05, 4.69) is 5.32 Å². The Morgan fingerprint density at radius 3 is 2.44 bits per heavy atom. The largest absolute Gasteiger partial charge is 0.322 e. The Morgan fingerprint density at radius 2 is 1.84 bits per heavy atom. The molecule has 0 aliphatic carbocycles. The molecule has 3 rings (SSSR count). The van der Waals surface area contributed by atoms with Crippen LogP contribution in [0.5, 0.6) is 0 Å². The zero-order valence-electron chi connectivity index (χ0n) is 13.3. The summed E-state index contributed by atoms with van der Waals surface area (Å²) in [6, 6.07) is 11.3. The molecule has 0 saturated carbocycles. The van der Waals surface area contributed by atoms with Gasteiger partial charge in [0.05, 0.1) is 22.0 Å². The first-order valence-corrected chi connectivity index (χ1v) is 9.50. The second kappa shape index (κ2) is 6.50. The molecule has 1 aliphatic heterocycles. The van der Waals surface area contributed by atoms with E-state index in [0.29, 0.717) is 5.69 Å². The predicted molar refractivity (Wildman–Crippen MR) is 96.5 cm³/mol. The molecule has 2 aromatic carbocycles. The fourth-order valence-electron chi connectivity index (χ4n) is 2.52.